The molecule has 1 unspecified atom stereocenters. The highest BCUT2D eigenvalue weighted by atomic mass is 16.3. The second kappa shape index (κ2) is 2.55. The highest BCUT2D eigenvalue weighted by Crippen LogP contribution is 2.00. The fourth-order valence-electron chi connectivity index (χ4n) is 0.709. The van der Waals surface area contributed by atoms with Gasteiger partial charge in [-0.15, -0.1) is 0 Å². The minimum absolute atomic E-state index is 0.0880. The molecule has 1 atom stereocenters. The predicted octanol–water partition coefficient (Wildman–Crippen LogP) is -0.128. The summed E-state index contributed by atoms with van der Waals surface area (Å²) in [6.45, 7) is 0.423. The second-order valence-corrected chi connectivity index (χ2v) is 1.91. The number of nitrogens with two attached hydrogens (primary N) is 1. The summed E-state index contributed by atoms with van der Waals surface area (Å²) in [7, 11) is 0. The fourth-order valence-corrected chi connectivity index (χ4v) is 0.709. The Morgan fingerprint density at radius 3 is 3.00 bits per heavy atom. The Morgan fingerprint density at radius 1 is 1.78 bits per heavy atom. The standard InChI is InChI=1S/C6H10N2O/c7-4-5-6(9)2-1-3-8-5/h1-3,5,8-9H,4,7H2. The highest BCUT2D eigenvalue weighted by molar-refractivity contribution is 5.17. The van der Waals surface area contributed by atoms with Crippen LogP contribution >= 0.6 is 0 Å². The van der Waals surface area contributed by atoms with Gasteiger partial charge in [0.1, 0.15) is 5.76 Å². The normalized spacial score (nSPS) is 25.0. The summed E-state index contributed by atoms with van der Waals surface area (Å²) < 4.78 is 0. The summed E-state index contributed by atoms with van der Waals surface area (Å²) in [4.78, 5) is 0. The first kappa shape index (κ1) is 6.16. The van der Waals surface area contributed by atoms with Crippen LogP contribution in [0.4, 0.5) is 0 Å². The molecule has 50 valence electrons. The fraction of sp³-hybridized carbons (Fsp3) is 0.333. The lowest BCUT2D eigenvalue weighted by Gasteiger charge is -2.16. The summed E-state index contributed by atoms with van der Waals surface area (Å²) in [6.07, 6.45) is 5.13. The van der Waals surface area contributed by atoms with Crippen LogP contribution in [0.2, 0.25) is 0 Å². The zero-order valence-electron chi connectivity index (χ0n) is 5.04. The van der Waals surface area contributed by atoms with E-state index in [4.69, 9.17) is 10.8 Å². The summed E-state index contributed by atoms with van der Waals surface area (Å²) in [5.41, 5.74) is 5.30. The van der Waals surface area contributed by atoms with Crippen molar-refractivity contribution in [1.82, 2.24) is 5.32 Å². The molecule has 0 spiro atoms. The van der Waals surface area contributed by atoms with Crippen molar-refractivity contribution in [3.8, 4) is 0 Å². The van der Waals surface area contributed by atoms with Crippen LogP contribution in [0.25, 0.3) is 0 Å². The van der Waals surface area contributed by atoms with Crippen LogP contribution in [0.15, 0.2) is 24.1 Å². The van der Waals surface area contributed by atoms with Crippen LogP contribution in [0, 0.1) is 0 Å². The van der Waals surface area contributed by atoms with Gasteiger partial charge in [0.25, 0.3) is 0 Å². The number of nitrogens with one attached hydrogen (secondary N) is 1. The Balaban J connectivity index is 2.59. The van der Waals surface area contributed by atoms with Crippen LogP contribution < -0.4 is 11.1 Å². The molecule has 0 saturated heterocycles. The molecule has 0 aromatic carbocycles. The van der Waals surface area contributed by atoms with Crippen molar-refractivity contribution in [1.29, 1.82) is 0 Å². The molecule has 3 nitrogen and oxygen atoms in total. The first-order valence-corrected chi connectivity index (χ1v) is 2.86. The number of aliphatic hydroxyl groups excluding tert-OH is 1. The number of dihydropyridines is 1. The van der Waals surface area contributed by atoms with Crippen molar-refractivity contribution < 1.29 is 5.11 Å². The van der Waals surface area contributed by atoms with Gasteiger partial charge in [-0.2, -0.15) is 0 Å². The molecule has 3 heteroatoms. The molecule has 0 saturated carbocycles. The molecular formula is C6H10N2O. The van der Waals surface area contributed by atoms with Gasteiger partial charge in [0.2, 0.25) is 0 Å². The molecule has 1 aliphatic rings. The molecule has 0 radical (unpaired) electrons. The van der Waals surface area contributed by atoms with Crippen LogP contribution in [0.3, 0.4) is 0 Å². The highest BCUT2D eigenvalue weighted by Gasteiger charge is 2.09. The maximum Gasteiger partial charge on any atom is 0.116 e. The van der Waals surface area contributed by atoms with Crippen molar-refractivity contribution >= 4 is 0 Å². The quantitative estimate of drug-likeness (QED) is 0.459. The van der Waals surface area contributed by atoms with Gasteiger partial charge in [-0.1, -0.05) is 0 Å². The van der Waals surface area contributed by atoms with E-state index in [0.29, 0.717) is 12.3 Å². The van der Waals surface area contributed by atoms with Gasteiger partial charge in [-0.05, 0) is 18.4 Å². The van der Waals surface area contributed by atoms with Gasteiger partial charge in [0, 0.05) is 6.54 Å². The smallest absolute Gasteiger partial charge is 0.116 e. The first-order valence-electron chi connectivity index (χ1n) is 2.86. The monoisotopic (exact) mass is 126 g/mol. The Kier molecular flexibility index (Phi) is 1.75. The zero-order chi connectivity index (χ0) is 6.69. The number of hydrogen-bond acceptors (Lipinski definition) is 3. The van der Waals surface area contributed by atoms with Crippen molar-refractivity contribution in [2.75, 3.05) is 6.54 Å². The lowest BCUT2D eigenvalue weighted by Crippen LogP contribution is -2.35. The van der Waals surface area contributed by atoms with E-state index < -0.39 is 0 Å². The molecule has 9 heavy (non-hydrogen) atoms. The average molecular weight is 126 g/mol. The third-order valence-electron chi connectivity index (χ3n) is 1.25. The minimum Gasteiger partial charge on any atom is -0.510 e. The van der Waals surface area contributed by atoms with E-state index in [-0.39, 0.29) is 6.04 Å². The van der Waals surface area contributed by atoms with Crippen LogP contribution in [-0.4, -0.2) is 17.7 Å². The lowest BCUT2D eigenvalue weighted by molar-refractivity contribution is 0.351. The van der Waals surface area contributed by atoms with Gasteiger partial charge >= 0.3 is 0 Å². The molecule has 4 N–H and O–H groups in total. The van der Waals surface area contributed by atoms with E-state index in [9.17, 15) is 0 Å². The molecular weight excluding hydrogens is 116 g/mol. The Hall–Kier alpha value is -0.960. The Morgan fingerprint density at radius 2 is 2.56 bits per heavy atom. The van der Waals surface area contributed by atoms with E-state index in [1.807, 2.05) is 0 Å². The molecule has 0 aliphatic carbocycles. The number of hydrogen-bond donors (Lipinski definition) is 3. The maximum atomic E-state index is 9.04. The summed E-state index contributed by atoms with van der Waals surface area (Å²) in [6, 6.07) is -0.0880. The molecule has 0 aromatic heterocycles. The van der Waals surface area contributed by atoms with Gasteiger partial charge in [-0.3, -0.25) is 0 Å². The largest absolute Gasteiger partial charge is 0.510 e. The van der Waals surface area contributed by atoms with Gasteiger partial charge in [0.15, 0.2) is 0 Å². The third-order valence-corrected chi connectivity index (χ3v) is 1.25. The summed E-state index contributed by atoms with van der Waals surface area (Å²) in [5, 5.41) is 11.9. The zero-order valence-corrected chi connectivity index (χ0v) is 5.04. The van der Waals surface area contributed by atoms with Crippen LogP contribution in [0.5, 0.6) is 0 Å². The van der Waals surface area contributed by atoms with E-state index in [2.05, 4.69) is 5.32 Å². The molecule has 0 amide bonds. The minimum atomic E-state index is -0.0880. The topological polar surface area (TPSA) is 58.3 Å². The summed E-state index contributed by atoms with van der Waals surface area (Å²) in [5.74, 6) is 0.306. The van der Waals surface area contributed by atoms with E-state index in [1.54, 1.807) is 18.4 Å². The lowest BCUT2D eigenvalue weighted by atomic mass is 10.2. The van der Waals surface area contributed by atoms with E-state index in [1.165, 1.54) is 0 Å². The SMILES string of the molecule is NCC1NC=CC=C1O. The Bertz CT molecular complexity index is 151. The third kappa shape index (κ3) is 1.23. The van der Waals surface area contributed by atoms with Gasteiger partial charge in [-0.25, -0.2) is 0 Å². The molecule has 1 rings (SSSR count). The van der Waals surface area contributed by atoms with Gasteiger partial charge in [0.05, 0.1) is 6.04 Å². The molecule has 0 bridgehead atoms. The molecule has 0 aromatic rings. The van der Waals surface area contributed by atoms with E-state index >= 15 is 0 Å². The maximum absolute atomic E-state index is 9.04. The van der Waals surface area contributed by atoms with Gasteiger partial charge < -0.3 is 16.2 Å². The van der Waals surface area contributed by atoms with Crippen molar-refractivity contribution in [2.24, 2.45) is 5.73 Å². The summed E-state index contributed by atoms with van der Waals surface area (Å²) >= 11 is 0. The predicted molar refractivity (Wildman–Crippen MR) is 35.8 cm³/mol. The number of aliphatic hydroxyl groups is 1. The first-order chi connectivity index (χ1) is 4.34. The van der Waals surface area contributed by atoms with Crippen molar-refractivity contribution in [3.63, 3.8) is 0 Å². The molecule has 0 fully saturated rings. The van der Waals surface area contributed by atoms with E-state index in [0.717, 1.165) is 0 Å². The van der Waals surface area contributed by atoms with Crippen molar-refractivity contribution in [2.45, 2.75) is 6.04 Å². The average Bonchev–Trinajstić information content (AvgIpc) is 1.89. The number of allylic oxidation sites excluding steroid dienone is 2. The van der Waals surface area contributed by atoms with Crippen LogP contribution in [0.1, 0.15) is 0 Å². The Labute approximate surface area is 53.9 Å². The number of rotatable bonds is 1. The van der Waals surface area contributed by atoms with Crippen LogP contribution in [-0.2, 0) is 0 Å². The van der Waals surface area contributed by atoms with Crippen molar-refractivity contribution in [3.05, 3.63) is 24.1 Å². The molecule has 1 heterocycles. The molecule has 1 aliphatic heterocycles. The second-order valence-electron chi connectivity index (χ2n) is 1.91.